The fourth-order valence-electron chi connectivity index (χ4n) is 4.24. The summed E-state index contributed by atoms with van der Waals surface area (Å²) in [7, 11) is 0. The van der Waals surface area contributed by atoms with Gasteiger partial charge in [-0.15, -0.1) is 6.58 Å². The first kappa shape index (κ1) is 16.9. The summed E-state index contributed by atoms with van der Waals surface area (Å²) < 4.78 is 0. The van der Waals surface area contributed by atoms with Crippen LogP contribution in [-0.4, -0.2) is 6.71 Å². The van der Waals surface area contributed by atoms with Crippen molar-refractivity contribution in [2.75, 3.05) is 0 Å². The van der Waals surface area contributed by atoms with E-state index in [1.54, 1.807) is 0 Å². The molecule has 0 N–H and O–H groups in total. The average Bonchev–Trinajstić information content (AvgIpc) is 2.39. The van der Waals surface area contributed by atoms with Crippen molar-refractivity contribution in [3.05, 3.63) is 12.7 Å². The Morgan fingerprint density at radius 2 is 1.26 bits per heavy atom. The Hall–Kier alpha value is -0.195. The van der Waals surface area contributed by atoms with E-state index in [1.165, 1.54) is 32.1 Å². The fraction of sp³-hybridized carbons (Fsp3) is 0.889. The molecule has 0 heterocycles. The molecule has 1 rings (SSSR count). The van der Waals surface area contributed by atoms with Crippen LogP contribution in [0.1, 0.15) is 73.6 Å². The lowest BCUT2D eigenvalue weighted by molar-refractivity contribution is 0.404. The van der Waals surface area contributed by atoms with Gasteiger partial charge in [0.25, 0.3) is 0 Å². The van der Waals surface area contributed by atoms with Gasteiger partial charge in [-0.05, 0) is 5.31 Å². The minimum Gasteiger partial charge on any atom is -0.103 e. The number of hydrogen-bond donors (Lipinski definition) is 0. The zero-order valence-corrected chi connectivity index (χ0v) is 14.2. The molecule has 0 bridgehead atoms. The smallest absolute Gasteiger partial charge is 0.103 e. The van der Waals surface area contributed by atoms with Crippen LogP contribution < -0.4 is 0 Å². The third-order valence-corrected chi connectivity index (χ3v) is 6.09. The van der Waals surface area contributed by atoms with Crippen LogP contribution in [0.2, 0.25) is 16.9 Å². The Kier molecular flexibility index (Phi) is 6.21. The van der Waals surface area contributed by atoms with Gasteiger partial charge in [-0.2, -0.15) is 0 Å². The van der Waals surface area contributed by atoms with E-state index < -0.39 is 0 Å². The molecule has 0 saturated heterocycles. The van der Waals surface area contributed by atoms with Gasteiger partial charge in [0, 0.05) is 0 Å². The molecule has 0 aromatic carbocycles. The molecule has 1 fully saturated rings. The summed E-state index contributed by atoms with van der Waals surface area (Å²) in [5.41, 5.74) is 0. The first-order chi connectivity index (χ1) is 8.85. The highest BCUT2D eigenvalue weighted by molar-refractivity contribution is 6.66. The maximum atomic E-state index is 4.26. The van der Waals surface area contributed by atoms with Gasteiger partial charge in [-0.3, -0.25) is 0 Å². The summed E-state index contributed by atoms with van der Waals surface area (Å²) in [6, 6.07) is 0. The standard InChI is InChI=1S/C18H35B/c1-8-18(12-10-9-11-13-18)19(16(6)14(2)3)17(7)15(4)5/h8,14-17H,1,9-13H2,2-7H3. The summed E-state index contributed by atoms with van der Waals surface area (Å²) in [5.74, 6) is 3.11. The minimum absolute atomic E-state index is 0.408. The Bertz CT molecular complexity index is 259. The van der Waals surface area contributed by atoms with Crippen molar-refractivity contribution >= 4 is 6.71 Å². The van der Waals surface area contributed by atoms with Crippen molar-refractivity contribution in [1.29, 1.82) is 0 Å². The van der Waals surface area contributed by atoms with Gasteiger partial charge in [0.05, 0.1) is 0 Å². The zero-order chi connectivity index (χ0) is 14.6. The highest BCUT2D eigenvalue weighted by Crippen LogP contribution is 2.55. The van der Waals surface area contributed by atoms with Gasteiger partial charge < -0.3 is 0 Å². The molecule has 2 atom stereocenters. The molecule has 1 heteroatoms. The lowest BCUT2D eigenvalue weighted by Gasteiger charge is -2.47. The SMILES string of the molecule is C=CC1(B(C(C)C(C)C)C(C)C(C)C)CCCCC1. The molecule has 0 aliphatic heterocycles. The van der Waals surface area contributed by atoms with Gasteiger partial charge in [0.15, 0.2) is 6.71 Å². The predicted molar refractivity (Wildman–Crippen MR) is 90.3 cm³/mol. The number of rotatable bonds is 6. The van der Waals surface area contributed by atoms with E-state index >= 15 is 0 Å². The predicted octanol–water partition coefficient (Wildman–Crippen LogP) is 6.46. The van der Waals surface area contributed by atoms with Crippen LogP contribution in [0, 0.1) is 11.8 Å². The lowest BCUT2D eigenvalue weighted by Crippen LogP contribution is -2.42. The molecule has 2 unspecified atom stereocenters. The molecular weight excluding hydrogens is 227 g/mol. The zero-order valence-electron chi connectivity index (χ0n) is 14.2. The molecule has 110 valence electrons. The molecule has 0 aromatic heterocycles. The molecule has 1 aliphatic rings. The molecule has 0 aromatic rings. The second kappa shape index (κ2) is 7.00. The molecule has 0 radical (unpaired) electrons. The molecule has 1 aliphatic carbocycles. The van der Waals surface area contributed by atoms with Crippen LogP contribution in [0.15, 0.2) is 12.7 Å². The van der Waals surface area contributed by atoms with Crippen molar-refractivity contribution < 1.29 is 0 Å². The maximum absolute atomic E-state index is 4.26. The van der Waals surface area contributed by atoms with Crippen LogP contribution >= 0.6 is 0 Å². The van der Waals surface area contributed by atoms with Gasteiger partial charge in [0.2, 0.25) is 0 Å². The Morgan fingerprint density at radius 1 is 0.842 bits per heavy atom. The van der Waals surface area contributed by atoms with Gasteiger partial charge in [-0.1, -0.05) is 103 Å². The third kappa shape index (κ3) is 3.67. The van der Waals surface area contributed by atoms with E-state index in [-0.39, 0.29) is 0 Å². The molecular formula is C18H35B. The average molecular weight is 262 g/mol. The monoisotopic (exact) mass is 262 g/mol. The van der Waals surface area contributed by atoms with Crippen molar-refractivity contribution in [2.45, 2.75) is 90.6 Å². The molecule has 1 saturated carbocycles. The van der Waals surface area contributed by atoms with E-state index in [0.717, 1.165) is 30.2 Å². The second-order valence-corrected chi connectivity index (χ2v) is 7.73. The van der Waals surface area contributed by atoms with Crippen molar-refractivity contribution in [3.63, 3.8) is 0 Å². The van der Waals surface area contributed by atoms with Gasteiger partial charge >= 0.3 is 0 Å². The minimum atomic E-state index is 0.408. The summed E-state index contributed by atoms with van der Waals surface area (Å²) in [6.07, 6.45) is 9.31. The molecule has 0 spiro atoms. The largest absolute Gasteiger partial charge is 0.157 e. The lowest BCUT2D eigenvalue weighted by atomic mass is 9.19. The van der Waals surface area contributed by atoms with E-state index in [0.29, 0.717) is 5.31 Å². The molecule has 0 nitrogen and oxygen atoms in total. The second-order valence-electron chi connectivity index (χ2n) is 7.73. The molecule has 0 amide bonds. The number of allylic oxidation sites excluding steroid dienone is 1. The van der Waals surface area contributed by atoms with E-state index in [2.05, 4.69) is 54.2 Å². The topological polar surface area (TPSA) is 0 Å². The van der Waals surface area contributed by atoms with Crippen LogP contribution in [0.3, 0.4) is 0 Å². The van der Waals surface area contributed by atoms with E-state index in [4.69, 9.17) is 0 Å². The number of hydrogen-bond acceptors (Lipinski definition) is 0. The Labute approximate surface area is 122 Å². The van der Waals surface area contributed by atoms with Crippen molar-refractivity contribution in [2.24, 2.45) is 11.8 Å². The van der Waals surface area contributed by atoms with Crippen LogP contribution in [-0.2, 0) is 0 Å². The van der Waals surface area contributed by atoms with Crippen molar-refractivity contribution in [3.8, 4) is 0 Å². The highest BCUT2D eigenvalue weighted by Gasteiger charge is 2.46. The fourth-order valence-corrected chi connectivity index (χ4v) is 4.24. The Balaban J connectivity index is 3.08. The first-order valence-electron chi connectivity index (χ1n) is 8.49. The Morgan fingerprint density at radius 3 is 1.58 bits per heavy atom. The summed E-state index contributed by atoms with van der Waals surface area (Å²) in [5, 5.41) is 0.408. The summed E-state index contributed by atoms with van der Waals surface area (Å²) in [4.78, 5) is 0. The van der Waals surface area contributed by atoms with E-state index in [1.807, 2.05) is 0 Å². The molecule has 19 heavy (non-hydrogen) atoms. The third-order valence-electron chi connectivity index (χ3n) is 6.09. The first-order valence-corrected chi connectivity index (χ1v) is 8.49. The normalized spacial score (nSPS) is 22.3. The van der Waals surface area contributed by atoms with Crippen molar-refractivity contribution in [1.82, 2.24) is 0 Å². The highest BCUT2D eigenvalue weighted by atomic mass is 14.3. The maximum Gasteiger partial charge on any atom is 0.157 e. The van der Waals surface area contributed by atoms with Crippen LogP contribution in [0.4, 0.5) is 0 Å². The van der Waals surface area contributed by atoms with E-state index in [9.17, 15) is 0 Å². The van der Waals surface area contributed by atoms with Gasteiger partial charge in [-0.25, -0.2) is 0 Å². The summed E-state index contributed by atoms with van der Waals surface area (Å²) in [6.45, 7) is 19.6. The van der Waals surface area contributed by atoms with Gasteiger partial charge in [0.1, 0.15) is 0 Å². The van der Waals surface area contributed by atoms with Crippen LogP contribution in [0.5, 0.6) is 0 Å². The quantitative estimate of drug-likeness (QED) is 0.380. The van der Waals surface area contributed by atoms with Crippen LogP contribution in [0.25, 0.3) is 0 Å². The summed E-state index contributed by atoms with van der Waals surface area (Å²) >= 11 is 0.